The number of amides is 3. The van der Waals surface area contributed by atoms with Crippen LogP contribution in [-0.4, -0.2) is 59.1 Å². The fourth-order valence-corrected chi connectivity index (χ4v) is 5.60. The van der Waals surface area contributed by atoms with E-state index in [0.717, 1.165) is 36.5 Å². The molecule has 0 atom stereocenters. The lowest BCUT2D eigenvalue weighted by molar-refractivity contribution is 0.0580. The van der Waals surface area contributed by atoms with Gasteiger partial charge in [-0.25, -0.2) is 4.79 Å². The monoisotopic (exact) mass is 425 g/mol. The molecule has 7 heteroatoms. The second-order valence-corrected chi connectivity index (χ2v) is 9.07. The minimum atomic E-state index is -0.215. The van der Waals surface area contributed by atoms with Crippen molar-refractivity contribution in [2.24, 2.45) is 0 Å². The molecule has 0 bridgehead atoms. The molecule has 3 amide bonds. The third kappa shape index (κ3) is 4.26. The Morgan fingerprint density at radius 1 is 1.03 bits per heavy atom. The number of likely N-dealkylation sites (tertiary alicyclic amines) is 1. The summed E-state index contributed by atoms with van der Waals surface area (Å²) in [6.45, 7) is 2.58. The van der Waals surface area contributed by atoms with Crippen molar-refractivity contribution < 1.29 is 14.3 Å². The summed E-state index contributed by atoms with van der Waals surface area (Å²) < 4.78 is 5.19. The molecule has 2 aromatic rings. The molecule has 0 aromatic heterocycles. The normalized spacial score (nSPS) is 17.8. The molecule has 1 spiro atoms. The van der Waals surface area contributed by atoms with Crippen LogP contribution in [0.15, 0.2) is 54.6 Å². The van der Waals surface area contributed by atoms with E-state index in [1.807, 2.05) is 76.2 Å². The van der Waals surface area contributed by atoms with E-state index in [-0.39, 0.29) is 16.8 Å². The summed E-state index contributed by atoms with van der Waals surface area (Å²) in [5.74, 6) is 1.73. The molecule has 0 radical (unpaired) electrons. The molecule has 30 heavy (non-hydrogen) atoms. The van der Waals surface area contributed by atoms with E-state index in [0.29, 0.717) is 25.2 Å². The number of piperidine rings is 1. The third-order valence-electron chi connectivity index (χ3n) is 5.88. The van der Waals surface area contributed by atoms with E-state index in [4.69, 9.17) is 4.74 Å². The molecule has 1 N–H and O–H groups in total. The van der Waals surface area contributed by atoms with Crippen LogP contribution in [0.2, 0.25) is 0 Å². The minimum Gasteiger partial charge on any atom is -0.497 e. The lowest BCUT2D eigenvalue weighted by Gasteiger charge is -2.44. The number of rotatable bonds is 4. The quantitative estimate of drug-likeness (QED) is 0.813. The van der Waals surface area contributed by atoms with E-state index >= 15 is 0 Å². The summed E-state index contributed by atoms with van der Waals surface area (Å²) >= 11 is 1.85. The molecule has 0 unspecified atom stereocenters. The van der Waals surface area contributed by atoms with Crippen molar-refractivity contribution in [3.63, 3.8) is 0 Å². The van der Waals surface area contributed by atoms with Crippen molar-refractivity contribution in [3.8, 4) is 5.75 Å². The zero-order valence-electron chi connectivity index (χ0n) is 17.2. The largest absolute Gasteiger partial charge is 0.497 e. The summed E-state index contributed by atoms with van der Waals surface area (Å²) in [7, 11) is 1.62. The number of ether oxygens (including phenoxy) is 1. The molecule has 2 aliphatic heterocycles. The van der Waals surface area contributed by atoms with Crippen LogP contribution >= 0.6 is 11.8 Å². The van der Waals surface area contributed by atoms with Crippen molar-refractivity contribution in [2.75, 3.05) is 32.5 Å². The van der Waals surface area contributed by atoms with Gasteiger partial charge in [-0.15, -0.1) is 11.8 Å². The van der Waals surface area contributed by atoms with Gasteiger partial charge in [-0.3, -0.25) is 4.79 Å². The molecule has 4 rings (SSSR count). The molecule has 0 aliphatic carbocycles. The fourth-order valence-electron chi connectivity index (χ4n) is 4.14. The SMILES string of the molecule is COc1ccc(C(=O)N2CCSC23CCN(C(=O)NCc2ccccc2)CC3)cc1. The molecule has 2 saturated heterocycles. The Labute approximate surface area is 181 Å². The number of nitrogens with zero attached hydrogens (tertiary/aromatic N) is 2. The summed E-state index contributed by atoms with van der Waals surface area (Å²) in [6, 6.07) is 17.2. The van der Waals surface area contributed by atoms with Gasteiger partial charge < -0.3 is 19.9 Å². The highest BCUT2D eigenvalue weighted by atomic mass is 32.2. The second-order valence-electron chi connectivity index (χ2n) is 7.61. The Kier molecular flexibility index (Phi) is 6.18. The maximum atomic E-state index is 13.2. The molecular weight excluding hydrogens is 398 g/mol. The van der Waals surface area contributed by atoms with Gasteiger partial charge >= 0.3 is 6.03 Å². The maximum Gasteiger partial charge on any atom is 0.317 e. The van der Waals surface area contributed by atoms with Gasteiger partial charge in [0.1, 0.15) is 5.75 Å². The predicted molar refractivity (Wildman–Crippen MR) is 119 cm³/mol. The number of carbonyl (C=O) groups excluding carboxylic acids is 2. The van der Waals surface area contributed by atoms with Crippen molar-refractivity contribution >= 4 is 23.7 Å². The lowest BCUT2D eigenvalue weighted by atomic mass is 10.0. The highest BCUT2D eigenvalue weighted by Gasteiger charge is 2.47. The molecule has 0 saturated carbocycles. The van der Waals surface area contributed by atoms with Crippen LogP contribution < -0.4 is 10.1 Å². The highest BCUT2D eigenvalue weighted by molar-refractivity contribution is 8.00. The first-order valence-electron chi connectivity index (χ1n) is 10.3. The van der Waals surface area contributed by atoms with Crippen molar-refractivity contribution in [2.45, 2.75) is 24.3 Å². The van der Waals surface area contributed by atoms with E-state index in [2.05, 4.69) is 5.32 Å². The van der Waals surface area contributed by atoms with E-state index in [1.165, 1.54) is 0 Å². The van der Waals surface area contributed by atoms with Gasteiger partial charge in [-0.2, -0.15) is 0 Å². The van der Waals surface area contributed by atoms with Crippen LogP contribution in [0.5, 0.6) is 5.75 Å². The second kappa shape index (κ2) is 9.00. The molecule has 6 nitrogen and oxygen atoms in total. The average Bonchev–Trinajstić information content (AvgIpc) is 3.21. The van der Waals surface area contributed by atoms with Gasteiger partial charge in [0.05, 0.1) is 12.0 Å². The topological polar surface area (TPSA) is 61.9 Å². The number of thioether (sulfide) groups is 1. The molecular formula is C23H27N3O3S. The van der Waals surface area contributed by atoms with Gasteiger partial charge in [-0.1, -0.05) is 30.3 Å². The van der Waals surface area contributed by atoms with Crippen LogP contribution in [0.4, 0.5) is 4.79 Å². The van der Waals surface area contributed by atoms with Crippen molar-refractivity contribution in [1.82, 2.24) is 15.1 Å². The van der Waals surface area contributed by atoms with Gasteiger partial charge in [0, 0.05) is 37.5 Å². The smallest absolute Gasteiger partial charge is 0.317 e. The predicted octanol–water partition coefficient (Wildman–Crippen LogP) is 3.59. The summed E-state index contributed by atoms with van der Waals surface area (Å²) in [6.07, 6.45) is 1.58. The molecule has 2 heterocycles. The Bertz CT molecular complexity index is 880. The number of urea groups is 1. The van der Waals surface area contributed by atoms with Gasteiger partial charge in [-0.05, 0) is 42.7 Å². The third-order valence-corrected chi connectivity index (χ3v) is 7.43. The summed E-state index contributed by atoms with van der Waals surface area (Å²) in [5, 5.41) is 3.01. The zero-order chi connectivity index (χ0) is 21.0. The standard InChI is InChI=1S/C23H27N3O3S/c1-29-20-9-7-19(8-10-20)21(27)26-15-16-30-23(26)11-13-25(14-12-23)22(28)24-17-18-5-3-2-4-6-18/h2-10H,11-17H2,1H3,(H,24,28). The number of hydrogen-bond acceptors (Lipinski definition) is 4. The maximum absolute atomic E-state index is 13.2. The first-order chi connectivity index (χ1) is 14.6. The number of benzene rings is 2. The Morgan fingerprint density at radius 3 is 2.40 bits per heavy atom. The molecule has 2 fully saturated rings. The lowest BCUT2D eigenvalue weighted by Crippen LogP contribution is -2.55. The Balaban J connectivity index is 1.36. The molecule has 2 aromatic carbocycles. The van der Waals surface area contributed by atoms with Crippen molar-refractivity contribution in [1.29, 1.82) is 0 Å². The fraction of sp³-hybridized carbons (Fsp3) is 0.391. The number of carbonyl (C=O) groups is 2. The van der Waals surface area contributed by atoms with Crippen LogP contribution in [0.3, 0.4) is 0 Å². The molecule has 2 aliphatic rings. The average molecular weight is 426 g/mol. The number of hydrogen-bond donors (Lipinski definition) is 1. The first kappa shape index (κ1) is 20.6. The van der Waals surface area contributed by atoms with Gasteiger partial charge in [0.25, 0.3) is 5.91 Å². The van der Waals surface area contributed by atoms with E-state index in [9.17, 15) is 9.59 Å². The highest BCUT2D eigenvalue weighted by Crippen LogP contribution is 2.44. The van der Waals surface area contributed by atoms with Crippen molar-refractivity contribution in [3.05, 3.63) is 65.7 Å². The van der Waals surface area contributed by atoms with E-state index in [1.54, 1.807) is 7.11 Å². The van der Waals surface area contributed by atoms with Crippen LogP contribution in [-0.2, 0) is 6.54 Å². The van der Waals surface area contributed by atoms with Crippen LogP contribution in [0.1, 0.15) is 28.8 Å². The van der Waals surface area contributed by atoms with Crippen LogP contribution in [0.25, 0.3) is 0 Å². The first-order valence-corrected chi connectivity index (χ1v) is 11.3. The van der Waals surface area contributed by atoms with E-state index < -0.39 is 0 Å². The summed E-state index contributed by atoms with van der Waals surface area (Å²) in [4.78, 5) is 29.4. The number of methoxy groups -OCH3 is 1. The van der Waals surface area contributed by atoms with Gasteiger partial charge in [0.15, 0.2) is 0 Å². The van der Waals surface area contributed by atoms with Crippen LogP contribution in [0, 0.1) is 0 Å². The Hall–Kier alpha value is -2.67. The zero-order valence-corrected chi connectivity index (χ0v) is 18.0. The minimum absolute atomic E-state index is 0.0373. The van der Waals surface area contributed by atoms with Gasteiger partial charge in [0.2, 0.25) is 0 Å². The molecule has 158 valence electrons. The Morgan fingerprint density at radius 2 is 1.73 bits per heavy atom. The number of nitrogens with one attached hydrogen (secondary N) is 1. The summed E-state index contributed by atoms with van der Waals surface area (Å²) in [5.41, 5.74) is 1.77.